The minimum Gasteiger partial charge on any atom is -0.496 e. The summed E-state index contributed by atoms with van der Waals surface area (Å²) in [5, 5.41) is 13.1. The molecule has 4 bridgehead atoms. The summed E-state index contributed by atoms with van der Waals surface area (Å²) in [4.78, 5) is 53.8. The van der Waals surface area contributed by atoms with E-state index in [-0.39, 0.29) is 36.6 Å². The molecule has 2 aliphatic heterocycles. The molecule has 3 aromatic rings. The Balaban J connectivity index is 1.87. The molecular formula is C30H35N5O5. The van der Waals surface area contributed by atoms with Crippen molar-refractivity contribution in [3.63, 3.8) is 0 Å². The lowest BCUT2D eigenvalue weighted by Crippen LogP contribution is -2.51. The zero-order chi connectivity index (χ0) is 28.8. The lowest BCUT2D eigenvalue weighted by Gasteiger charge is -2.30. The number of hydrogen-bond acceptors (Lipinski definition) is 6. The van der Waals surface area contributed by atoms with Crippen LogP contribution in [-0.4, -0.2) is 56.4 Å². The van der Waals surface area contributed by atoms with Gasteiger partial charge in [-0.1, -0.05) is 24.3 Å². The van der Waals surface area contributed by atoms with Crippen LogP contribution in [-0.2, 0) is 20.9 Å². The first-order valence-electron chi connectivity index (χ1n) is 13.3. The van der Waals surface area contributed by atoms with Crippen LogP contribution in [0.1, 0.15) is 42.6 Å². The molecule has 2 heterocycles. The Morgan fingerprint density at radius 3 is 2.55 bits per heavy atom. The first-order valence-corrected chi connectivity index (χ1v) is 13.3. The van der Waals surface area contributed by atoms with Crippen molar-refractivity contribution >= 4 is 45.8 Å². The van der Waals surface area contributed by atoms with Crippen LogP contribution in [0.5, 0.6) is 5.75 Å². The smallest absolute Gasteiger partial charge is 0.251 e. The Morgan fingerprint density at radius 2 is 1.80 bits per heavy atom. The van der Waals surface area contributed by atoms with Gasteiger partial charge in [0.25, 0.3) is 5.91 Å². The summed E-state index contributed by atoms with van der Waals surface area (Å²) in [5.41, 5.74) is 2.16. The summed E-state index contributed by atoms with van der Waals surface area (Å²) in [6, 6.07) is 14.8. The zero-order valence-electron chi connectivity index (χ0n) is 23.2. The molecule has 10 heteroatoms. The zero-order valence-corrected chi connectivity index (χ0v) is 23.2. The minimum absolute atomic E-state index is 0.0829. The maximum atomic E-state index is 14.0. The van der Waals surface area contributed by atoms with Crippen molar-refractivity contribution in [3.8, 4) is 5.75 Å². The Kier molecular flexibility index (Phi) is 9.00. The highest BCUT2D eigenvalue weighted by Crippen LogP contribution is 2.34. The average molecular weight is 546 g/mol. The van der Waals surface area contributed by atoms with Gasteiger partial charge in [-0.15, -0.1) is 0 Å². The van der Waals surface area contributed by atoms with E-state index >= 15 is 0 Å². The molecule has 4 N–H and O–H groups in total. The van der Waals surface area contributed by atoms with Gasteiger partial charge in [-0.2, -0.15) is 0 Å². The molecule has 0 aliphatic carbocycles. The number of methoxy groups -OCH3 is 1. The molecule has 40 heavy (non-hydrogen) atoms. The third-order valence-electron chi connectivity index (χ3n) is 7.04. The summed E-state index contributed by atoms with van der Waals surface area (Å²) < 4.78 is 5.70. The van der Waals surface area contributed by atoms with Crippen molar-refractivity contribution in [1.82, 2.24) is 16.0 Å². The number of para-hydroxylation sites is 2. The SMILES string of the molecule is CN[C@@H](C)C(=O)NC(C)C(=O)N1Cc2c(OC)ccc3cc(ccc23)C(=O)NCCCC(=O)Nc2ccccc21. The monoisotopic (exact) mass is 545 g/mol. The predicted molar refractivity (Wildman–Crippen MR) is 154 cm³/mol. The fraction of sp³-hybridized carbons (Fsp3) is 0.333. The Morgan fingerprint density at radius 1 is 1.02 bits per heavy atom. The van der Waals surface area contributed by atoms with E-state index in [9.17, 15) is 19.2 Å². The largest absolute Gasteiger partial charge is 0.496 e. The molecule has 3 aromatic carbocycles. The Bertz CT molecular complexity index is 1440. The summed E-state index contributed by atoms with van der Waals surface area (Å²) in [6.07, 6.45) is 0.632. The maximum absolute atomic E-state index is 14.0. The van der Waals surface area contributed by atoms with Crippen molar-refractivity contribution in [1.29, 1.82) is 0 Å². The van der Waals surface area contributed by atoms with E-state index < -0.39 is 12.1 Å². The Labute approximate surface area is 233 Å². The van der Waals surface area contributed by atoms with Crippen molar-refractivity contribution < 1.29 is 23.9 Å². The van der Waals surface area contributed by atoms with Gasteiger partial charge in [0.2, 0.25) is 17.7 Å². The van der Waals surface area contributed by atoms with Crippen LogP contribution in [0.2, 0.25) is 0 Å². The van der Waals surface area contributed by atoms with Gasteiger partial charge in [0.15, 0.2) is 0 Å². The number of nitrogens with one attached hydrogen (secondary N) is 4. The number of likely N-dealkylation sites (N-methyl/N-ethyl adjacent to an activating group) is 1. The molecule has 4 amide bonds. The van der Waals surface area contributed by atoms with Crippen molar-refractivity contribution in [3.05, 3.63) is 65.7 Å². The standard InChI is InChI=1S/C30H35N5O5/c1-18(31-3)28(37)33-19(2)30(39)35-17-23-22-13-11-21(16-20(22)12-14-26(23)40-4)29(38)32-15-7-10-27(36)34-24-8-5-6-9-25(24)35/h5-6,8-9,11-14,16,18-19,31H,7,10,15,17H2,1-4H3,(H,32,38)(H,33,37)(H,34,36)/t18-,19?/m0/s1. The van der Waals surface area contributed by atoms with E-state index in [1.165, 1.54) is 0 Å². The molecule has 0 spiro atoms. The number of amides is 4. The molecule has 0 fully saturated rings. The minimum atomic E-state index is -0.867. The quantitative estimate of drug-likeness (QED) is 0.390. The number of nitrogens with zero attached hydrogens (tertiary/aromatic N) is 1. The van der Waals surface area contributed by atoms with Crippen molar-refractivity contribution in [2.24, 2.45) is 0 Å². The second-order valence-electron chi connectivity index (χ2n) is 9.77. The number of ether oxygens (including phenoxy) is 1. The number of hydrogen-bond donors (Lipinski definition) is 4. The fourth-order valence-electron chi connectivity index (χ4n) is 4.66. The highest BCUT2D eigenvalue weighted by Gasteiger charge is 2.28. The van der Waals surface area contributed by atoms with E-state index in [4.69, 9.17) is 4.74 Å². The number of carbonyl (C=O) groups is 4. The van der Waals surface area contributed by atoms with Gasteiger partial charge >= 0.3 is 0 Å². The molecule has 0 aromatic heterocycles. The topological polar surface area (TPSA) is 129 Å². The Hall–Kier alpha value is -4.44. The van der Waals surface area contributed by atoms with Crippen molar-refractivity contribution in [2.75, 3.05) is 30.9 Å². The predicted octanol–water partition coefficient (Wildman–Crippen LogP) is 2.96. The molecule has 0 saturated carbocycles. The molecule has 5 rings (SSSR count). The lowest BCUT2D eigenvalue weighted by molar-refractivity contribution is -0.128. The third kappa shape index (κ3) is 6.23. The molecule has 2 atom stereocenters. The first kappa shape index (κ1) is 28.6. The molecular weight excluding hydrogens is 510 g/mol. The highest BCUT2D eigenvalue weighted by molar-refractivity contribution is 6.05. The van der Waals surface area contributed by atoms with E-state index in [1.807, 2.05) is 12.1 Å². The second kappa shape index (κ2) is 12.6. The number of carbonyl (C=O) groups excluding carboxylic acids is 4. The lowest BCUT2D eigenvalue weighted by atomic mass is 9.99. The third-order valence-corrected chi connectivity index (χ3v) is 7.04. The van der Waals surface area contributed by atoms with E-state index in [2.05, 4.69) is 21.3 Å². The van der Waals surface area contributed by atoms with Crippen LogP contribution in [0.25, 0.3) is 10.8 Å². The fourth-order valence-corrected chi connectivity index (χ4v) is 4.66. The van der Waals surface area contributed by atoms with Crippen LogP contribution < -0.4 is 30.9 Å². The molecule has 0 saturated heterocycles. The number of anilines is 2. The molecule has 210 valence electrons. The first-order chi connectivity index (χ1) is 19.2. The highest BCUT2D eigenvalue weighted by atomic mass is 16.5. The van der Waals surface area contributed by atoms with Crippen molar-refractivity contribution in [2.45, 2.75) is 45.3 Å². The van der Waals surface area contributed by atoms with Gasteiger partial charge in [0, 0.05) is 24.1 Å². The van der Waals surface area contributed by atoms with Crippen LogP contribution in [0.3, 0.4) is 0 Å². The summed E-state index contributed by atoms with van der Waals surface area (Å²) in [6.45, 7) is 3.76. The van der Waals surface area contributed by atoms with Crippen LogP contribution in [0.15, 0.2) is 54.6 Å². The van der Waals surface area contributed by atoms with E-state index in [0.29, 0.717) is 35.7 Å². The summed E-state index contributed by atoms with van der Waals surface area (Å²) in [5.74, 6) is -0.587. The van der Waals surface area contributed by atoms with E-state index in [1.54, 1.807) is 75.4 Å². The number of rotatable bonds is 5. The number of fused-ring (bicyclic) bond motifs is 8. The maximum Gasteiger partial charge on any atom is 0.251 e. The van der Waals surface area contributed by atoms with Gasteiger partial charge in [-0.25, -0.2) is 0 Å². The van der Waals surface area contributed by atoms with Gasteiger partial charge in [-0.3, -0.25) is 19.2 Å². The summed E-state index contributed by atoms with van der Waals surface area (Å²) in [7, 11) is 3.23. The van der Waals surface area contributed by atoms with Gasteiger partial charge in [0.05, 0.1) is 31.1 Å². The molecule has 0 radical (unpaired) electrons. The second-order valence-corrected chi connectivity index (χ2v) is 9.77. The molecule has 1 unspecified atom stereocenters. The summed E-state index contributed by atoms with van der Waals surface area (Å²) >= 11 is 0. The van der Waals surface area contributed by atoms with Crippen LogP contribution in [0, 0.1) is 0 Å². The van der Waals surface area contributed by atoms with E-state index in [0.717, 1.165) is 16.3 Å². The van der Waals surface area contributed by atoms with Crippen LogP contribution >= 0.6 is 0 Å². The van der Waals surface area contributed by atoms with Gasteiger partial charge in [0.1, 0.15) is 11.8 Å². The van der Waals surface area contributed by atoms with Gasteiger partial charge in [-0.05, 0) is 68.4 Å². The van der Waals surface area contributed by atoms with Gasteiger partial charge < -0.3 is 30.9 Å². The number of benzene rings is 3. The normalized spacial score (nSPS) is 15.7. The average Bonchev–Trinajstić information content (AvgIpc) is 2.96. The molecule has 2 aliphatic rings. The molecule has 10 nitrogen and oxygen atoms in total. The van der Waals surface area contributed by atoms with Crippen LogP contribution in [0.4, 0.5) is 11.4 Å².